The maximum Gasteiger partial charge on any atom is 0.212 e. The molecule has 0 amide bonds. The van der Waals surface area contributed by atoms with Crippen molar-refractivity contribution in [3.05, 3.63) is 53.2 Å². The van der Waals surface area contributed by atoms with Crippen LogP contribution in [0.25, 0.3) is 11.3 Å². The molecule has 0 bridgehead atoms. The highest BCUT2D eigenvalue weighted by Crippen LogP contribution is 2.35. The minimum atomic E-state index is 0.698. The van der Waals surface area contributed by atoms with E-state index < -0.39 is 0 Å². The molecule has 1 nitrogen and oxygen atoms in total. The van der Waals surface area contributed by atoms with Crippen molar-refractivity contribution in [2.45, 2.75) is 58.8 Å². The van der Waals surface area contributed by atoms with Crippen LogP contribution < -0.4 is 4.57 Å². The van der Waals surface area contributed by atoms with E-state index in [0.29, 0.717) is 5.92 Å². The van der Waals surface area contributed by atoms with Crippen molar-refractivity contribution >= 4 is 0 Å². The molecule has 0 spiro atoms. The highest BCUT2D eigenvalue weighted by Gasteiger charge is 2.21. The van der Waals surface area contributed by atoms with Crippen molar-refractivity contribution in [1.29, 1.82) is 0 Å². The maximum absolute atomic E-state index is 2.44. The van der Waals surface area contributed by atoms with Crippen LogP contribution in [0, 0.1) is 12.8 Å². The maximum atomic E-state index is 2.44. The Morgan fingerprint density at radius 2 is 1.83 bits per heavy atom. The lowest BCUT2D eigenvalue weighted by atomic mass is 9.93. The molecule has 0 N–H and O–H groups in total. The first kappa shape index (κ1) is 16.2. The van der Waals surface area contributed by atoms with Crippen molar-refractivity contribution in [2.24, 2.45) is 13.0 Å². The monoisotopic (exact) mass is 308 g/mol. The van der Waals surface area contributed by atoms with Gasteiger partial charge in [-0.3, -0.25) is 0 Å². The third-order valence-electron chi connectivity index (χ3n) is 5.22. The molecule has 1 aliphatic rings. The van der Waals surface area contributed by atoms with Crippen LogP contribution in [0.5, 0.6) is 0 Å². The van der Waals surface area contributed by atoms with E-state index in [4.69, 9.17) is 0 Å². The molecule has 1 aliphatic carbocycles. The van der Waals surface area contributed by atoms with Gasteiger partial charge in [-0.2, -0.15) is 0 Å². The molecule has 122 valence electrons. The highest BCUT2D eigenvalue weighted by atomic mass is 14.9. The summed E-state index contributed by atoms with van der Waals surface area (Å²) in [5.74, 6) is 1.47. The normalized spacial score (nSPS) is 15.5. The van der Waals surface area contributed by atoms with Crippen LogP contribution in [0.3, 0.4) is 0 Å². The van der Waals surface area contributed by atoms with E-state index in [1.165, 1.54) is 53.6 Å². The molecule has 1 aromatic carbocycles. The molecule has 0 radical (unpaired) electrons. The Bertz CT molecular complexity index is 678. The molecule has 0 atom stereocenters. The number of nitrogens with zero attached hydrogens (tertiary/aromatic N) is 1. The Kier molecular flexibility index (Phi) is 4.84. The van der Waals surface area contributed by atoms with Gasteiger partial charge in [-0.25, -0.2) is 4.57 Å². The minimum Gasteiger partial charge on any atom is -0.201 e. The van der Waals surface area contributed by atoms with Gasteiger partial charge < -0.3 is 0 Å². The Labute approximate surface area is 141 Å². The zero-order valence-electron chi connectivity index (χ0n) is 15.1. The third-order valence-corrected chi connectivity index (χ3v) is 5.22. The topological polar surface area (TPSA) is 3.88 Å². The Morgan fingerprint density at radius 3 is 2.52 bits per heavy atom. The first-order valence-corrected chi connectivity index (χ1v) is 9.14. The zero-order chi connectivity index (χ0) is 16.4. The first-order valence-electron chi connectivity index (χ1n) is 9.14. The van der Waals surface area contributed by atoms with Gasteiger partial charge >= 0.3 is 0 Å². The molecule has 0 unspecified atom stereocenters. The Morgan fingerprint density at radius 1 is 1.09 bits per heavy atom. The number of benzene rings is 1. The van der Waals surface area contributed by atoms with Gasteiger partial charge in [0.25, 0.3) is 0 Å². The van der Waals surface area contributed by atoms with Crippen LogP contribution in [-0.4, -0.2) is 0 Å². The largest absolute Gasteiger partial charge is 0.212 e. The summed E-state index contributed by atoms with van der Waals surface area (Å²) in [6.45, 7) is 6.82. The van der Waals surface area contributed by atoms with E-state index >= 15 is 0 Å². The standard InChI is InChI=1S/C22H30N/c1-16(2)13-18-10-9-17(3)21(14-18)22-15-20(11-12-23(22)4)19-7-5-6-8-19/h9-12,14-16,19H,5-8,13H2,1-4H3/q+1. The average Bonchev–Trinajstić information content (AvgIpc) is 3.04. The molecule has 1 heterocycles. The summed E-state index contributed by atoms with van der Waals surface area (Å²) in [6, 6.07) is 11.8. The van der Waals surface area contributed by atoms with Crippen molar-refractivity contribution < 1.29 is 4.57 Å². The van der Waals surface area contributed by atoms with Gasteiger partial charge in [0.2, 0.25) is 5.69 Å². The molecule has 1 saturated carbocycles. The molecule has 0 saturated heterocycles. The second-order valence-electron chi connectivity index (χ2n) is 7.68. The van der Waals surface area contributed by atoms with E-state index in [0.717, 1.165) is 12.3 Å². The quantitative estimate of drug-likeness (QED) is 0.671. The molecule has 1 fully saturated rings. The average molecular weight is 308 g/mol. The Balaban J connectivity index is 2.01. The molecule has 2 aromatic rings. The Hall–Kier alpha value is -1.63. The van der Waals surface area contributed by atoms with Gasteiger partial charge in [-0.15, -0.1) is 0 Å². The van der Waals surface area contributed by atoms with Crippen molar-refractivity contribution in [1.82, 2.24) is 0 Å². The predicted octanol–water partition coefficient (Wildman–Crippen LogP) is 5.34. The van der Waals surface area contributed by atoms with Crippen LogP contribution in [0.15, 0.2) is 36.5 Å². The van der Waals surface area contributed by atoms with Gasteiger partial charge in [0, 0.05) is 17.7 Å². The van der Waals surface area contributed by atoms with Crippen LogP contribution in [0.2, 0.25) is 0 Å². The molecular formula is C22H30N+. The minimum absolute atomic E-state index is 0.698. The molecular weight excluding hydrogens is 278 g/mol. The van der Waals surface area contributed by atoms with Gasteiger partial charge in [0.15, 0.2) is 6.20 Å². The van der Waals surface area contributed by atoms with Gasteiger partial charge in [-0.1, -0.05) is 38.8 Å². The highest BCUT2D eigenvalue weighted by molar-refractivity contribution is 5.62. The number of pyridine rings is 1. The van der Waals surface area contributed by atoms with E-state index in [2.05, 4.69) is 68.9 Å². The van der Waals surface area contributed by atoms with E-state index in [-0.39, 0.29) is 0 Å². The summed E-state index contributed by atoms with van der Waals surface area (Å²) >= 11 is 0. The fourth-order valence-electron chi connectivity index (χ4n) is 3.91. The molecule has 3 rings (SSSR count). The number of aromatic nitrogens is 1. The van der Waals surface area contributed by atoms with Crippen LogP contribution in [-0.2, 0) is 13.5 Å². The fraction of sp³-hybridized carbons (Fsp3) is 0.500. The van der Waals surface area contributed by atoms with Crippen LogP contribution in [0.1, 0.15) is 62.1 Å². The fourth-order valence-corrected chi connectivity index (χ4v) is 3.91. The molecule has 0 aliphatic heterocycles. The zero-order valence-corrected chi connectivity index (χ0v) is 15.1. The van der Waals surface area contributed by atoms with E-state index in [1.54, 1.807) is 0 Å². The smallest absolute Gasteiger partial charge is 0.201 e. The van der Waals surface area contributed by atoms with Crippen molar-refractivity contribution in [3.63, 3.8) is 0 Å². The summed E-state index contributed by atoms with van der Waals surface area (Å²) in [7, 11) is 2.17. The number of rotatable bonds is 4. The number of hydrogen-bond acceptors (Lipinski definition) is 0. The first-order chi connectivity index (χ1) is 11.0. The molecule has 1 aromatic heterocycles. The summed E-state index contributed by atoms with van der Waals surface area (Å²) < 4.78 is 2.28. The van der Waals surface area contributed by atoms with Gasteiger partial charge in [0.05, 0.1) is 0 Å². The van der Waals surface area contributed by atoms with E-state index in [9.17, 15) is 0 Å². The number of hydrogen-bond donors (Lipinski definition) is 0. The van der Waals surface area contributed by atoms with Crippen molar-refractivity contribution in [2.75, 3.05) is 0 Å². The summed E-state index contributed by atoms with van der Waals surface area (Å²) in [6.07, 6.45) is 8.91. The van der Waals surface area contributed by atoms with Crippen LogP contribution >= 0.6 is 0 Å². The third kappa shape index (κ3) is 3.65. The van der Waals surface area contributed by atoms with Gasteiger partial charge in [0.1, 0.15) is 7.05 Å². The molecule has 23 heavy (non-hydrogen) atoms. The van der Waals surface area contributed by atoms with E-state index in [1.807, 2.05) is 0 Å². The van der Waals surface area contributed by atoms with Gasteiger partial charge in [-0.05, 0) is 60.8 Å². The second kappa shape index (κ2) is 6.86. The predicted molar refractivity (Wildman–Crippen MR) is 97.5 cm³/mol. The van der Waals surface area contributed by atoms with Crippen LogP contribution in [0.4, 0.5) is 0 Å². The lowest BCUT2D eigenvalue weighted by molar-refractivity contribution is -0.660. The summed E-state index contributed by atoms with van der Waals surface area (Å²) in [5.41, 5.74) is 7.11. The molecule has 1 heteroatoms. The lowest BCUT2D eigenvalue weighted by Crippen LogP contribution is -2.31. The summed E-state index contributed by atoms with van der Waals surface area (Å²) in [5, 5.41) is 0. The SMILES string of the molecule is Cc1ccc(CC(C)C)cc1-c1cc(C2CCCC2)cc[n+]1C. The summed E-state index contributed by atoms with van der Waals surface area (Å²) in [4.78, 5) is 0. The second-order valence-corrected chi connectivity index (χ2v) is 7.68. The number of aryl methyl sites for hydroxylation is 2. The van der Waals surface area contributed by atoms with Crippen molar-refractivity contribution in [3.8, 4) is 11.3 Å². The lowest BCUT2D eigenvalue weighted by Gasteiger charge is -2.13.